The number of hydrogen-bond acceptors (Lipinski definition) is 5. The third-order valence-corrected chi connectivity index (χ3v) is 4.03. The summed E-state index contributed by atoms with van der Waals surface area (Å²) in [5.74, 6) is 0.385. The standard InChI is InChI=1S/C20H20N4O4/c1-12-3-5-14(6-4-12)18-17(11-23-24-18)28-16-8-13(10-22-20(21)26)7-15(9-16)19(25)27-2/h3-9,11H,10H2,1-2H3,(H,23,24)(H3,21,22,26). The van der Waals surface area contributed by atoms with Crippen LogP contribution in [0.1, 0.15) is 21.5 Å². The summed E-state index contributed by atoms with van der Waals surface area (Å²) in [7, 11) is 1.29. The molecule has 0 spiro atoms. The molecule has 4 N–H and O–H groups in total. The molecule has 0 aliphatic heterocycles. The van der Waals surface area contributed by atoms with Crippen LogP contribution in [0.5, 0.6) is 11.5 Å². The number of H-pyrrole nitrogens is 1. The summed E-state index contributed by atoms with van der Waals surface area (Å²) in [6.07, 6.45) is 1.56. The van der Waals surface area contributed by atoms with Crippen molar-refractivity contribution in [2.45, 2.75) is 13.5 Å². The Hall–Kier alpha value is -3.81. The van der Waals surface area contributed by atoms with Crippen molar-refractivity contribution in [1.29, 1.82) is 0 Å². The number of carbonyl (C=O) groups excluding carboxylic acids is 2. The fraction of sp³-hybridized carbons (Fsp3) is 0.150. The number of benzene rings is 2. The van der Waals surface area contributed by atoms with E-state index in [-0.39, 0.29) is 6.54 Å². The van der Waals surface area contributed by atoms with E-state index >= 15 is 0 Å². The van der Waals surface area contributed by atoms with Crippen molar-refractivity contribution in [2.75, 3.05) is 7.11 Å². The van der Waals surface area contributed by atoms with E-state index in [0.29, 0.717) is 28.3 Å². The number of urea groups is 1. The number of primary amides is 1. The summed E-state index contributed by atoms with van der Waals surface area (Å²) in [6, 6.07) is 12.1. The van der Waals surface area contributed by atoms with Gasteiger partial charge in [-0.2, -0.15) is 5.10 Å². The van der Waals surface area contributed by atoms with Gasteiger partial charge in [-0.1, -0.05) is 29.8 Å². The van der Waals surface area contributed by atoms with Crippen LogP contribution in [0.25, 0.3) is 11.3 Å². The molecule has 0 atom stereocenters. The maximum atomic E-state index is 12.0. The van der Waals surface area contributed by atoms with Gasteiger partial charge in [0.1, 0.15) is 11.4 Å². The summed E-state index contributed by atoms with van der Waals surface area (Å²) >= 11 is 0. The van der Waals surface area contributed by atoms with Crippen LogP contribution in [0.4, 0.5) is 4.79 Å². The summed E-state index contributed by atoms with van der Waals surface area (Å²) in [5, 5.41) is 9.47. The minimum atomic E-state index is -0.664. The molecular weight excluding hydrogens is 360 g/mol. The molecule has 0 saturated carbocycles. The first kappa shape index (κ1) is 19.0. The number of nitrogens with one attached hydrogen (secondary N) is 2. The Morgan fingerprint density at radius 2 is 1.93 bits per heavy atom. The second-order valence-electron chi connectivity index (χ2n) is 6.15. The minimum Gasteiger partial charge on any atom is -0.465 e. The van der Waals surface area contributed by atoms with Crippen molar-refractivity contribution >= 4 is 12.0 Å². The highest BCUT2D eigenvalue weighted by molar-refractivity contribution is 5.90. The second-order valence-corrected chi connectivity index (χ2v) is 6.15. The average molecular weight is 380 g/mol. The molecule has 0 aliphatic carbocycles. The lowest BCUT2D eigenvalue weighted by Gasteiger charge is -2.11. The van der Waals surface area contributed by atoms with Gasteiger partial charge in [-0.25, -0.2) is 9.59 Å². The van der Waals surface area contributed by atoms with Gasteiger partial charge in [0.25, 0.3) is 0 Å². The molecule has 2 amide bonds. The molecule has 0 fully saturated rings. The summed E-state index contributed by atoms with van der Waals surface area (Å²) in [5.41, 5.74) is 8.82. The zero-order valence-electron chi connectivity index (χ0n) is 15.5. The van der Waals surface area contributed by atoms with Crippen molar-refractivity contribution < 1.29 is 19.1 Å². The number of methoxy groups -OCH3 is 1. The highest BCUT2D eigenvalue weighted by Crippen LogP contribution is 2.32. The van der Waals surface area contributed by atoms with Crippen LogP contribution in [-0.4, -0.2) is 29.3 Å². The largest absolute Gasteiger partial charge is 0.465 e. The van der Waals surface area contributed by atoms with Gasteiger partial charge >= 0.3 is 12.0 Å². The van der Waals surface area contributed by atoms with Crippen molar-refractivity contribution in [3.05, 3.63) is 65.4 Å². The van der Waals surface area contributed by atoms with Gasteiger partial charge in [0.2, 0.25) is 0 Å². The van der Waals surface area contributed by atoms with E-state index in [1.165, 1.54) is 7.11 Å². The number of aromatic nitrogens is 2. The van der Waals surface area contributed by atoms with Crippen molar-refractivity contribution in [2.24, 2.45) is 5.73 Å². The minimum absolute atomic E-state index is 0.146. The van der Waals surface area contributed by atoms with Gasteiger partial charge in [0, 0.05) is 12.1 Å². The average Bonchev–Trinajstić information content (AvgIpc) is 3.14. The smallest absolute Gasteiger partial charge is 0.337 e. The van der Waals surface area contributed by atoms with Gasteiger partial charge in [0.15, 0.2) is 5.75 Å². The molecule has 0 aliphatic rings. The third kappa shape index (κ3) is 4.47. The highest BCUT2D eigenvalue weighted by Gasteiger charge is 2.14. The lowest BCUT2D eigenvalue weighted by Crippen LogP contribution is -2.28. The van der Waals surface area contributed by atoms with Gasteiger partial charge in [-0.05, 0) is 30.7 Å². The lowest BCUT2D eigenvalue weighted by atomic mass is 10.1. The number of hydrogen-bond donors (Lipinski definition) is 3. The molecule has 0 saturated heterocycles. The van der Waals surface area contributed by atoms with Gasteiger partial charge in [0.05, 0.1) is 18.9 Å². The van der Waals surface area contributed by atoms with Gasteiger partial charge in [-0.3, -0.25) is 5.10 Å². The number of esters is 1. The van der Waals surface area contributed by atoms with Crippen LogP contribution in [0.3, 0.4) is 0 Å². The molecule has 0 radical (unpaired) electrons. The predicted octanol–water partition coefficient (Wildman–Crippen LogP) is 3.13. The Bertz CT molecular complexity index is 996. The Balaban J connectivity index is 1.92. The van der Waals surface area contributed by atoms with Crippen LogP contribution in [0.15, 0.2) is 48.7 Å². The van der Waals surface area contributed by atoms with Crippen molar-refractivity contribution in [1.82, 2.24) is 15.5 Å². The molecule has 3 aromatic rings. The molecule has 144 valence electrons. The second kappa shape index (κ2) is 8.26. The van der Waals surface area contributed by atoms with E-state index < -0.39 is 12.0 Å². The molecule has 0 bridgehead atoms. The number of amides is 2. The van der Waals surface area contributed by atoms with E-state index in [0.717, 1.165) is 11.1 Å². The zero-order chi connectivity index (χ0) is 20.1. The fourth-order valence-electron chi connectivity index (χ4n) is 2.65. The lowest BCUT2D eigenvalue weighted by molar-refractivity contribution is 0.0600. The number of rotatable bonds is 6. The first-order chi connectivity index (χ1) is 13.5. The SMILES string of the molecule is COC(=O)c1cc(CNC(N)=O)cc(Oc2cn[nH]c2-c2ccc(C)cc2)c1. The van der Waals surface area contributed by atoms with Crippen LogP contribution in [-0.2, 0) is 11.3 Å². The van der Waals surface area contributed by atoms with Gasteiger partial charge in [-0.15, -0.1) is 0 Å². The Morgan fingerprint density at radius 3 is 2.61 bits per heavy atom. The first-order valence-corrected chi connectivity index (χ1v) is 8.50. The molecule has 0 unspecified atom stereocenters. The monoisotopic (exact) mass is 380 g/mol. The molecule has 3 rings (SSSR count). The first-order valence-electron chi connectivity index (χ1n) is 8.50. The summed E-state index contributed by atoms with van der Waals surface area (Å²) < 4.78 is 10.8. The number of carbonyl (C=O) groups is 2. The highest BCUT2D eigenvalue weighted by atomic mass is 16.5. The third-order valence-electron chi connectivity index (χ3n) is 4.03. The number of aryl methyl sites for hydroxylation is 1. The topological polar surface area (TPSA) is 119 Å². The van der Waals surface area contributed by atoms with Crippen LogP contribution >= 0.6 is 0 Å². The molecule has 8 heteroatoms. The van der Waals surface area contributed by atoms with Crippen LogP contribution in [0, 0.1) is 6.92 Å². The number of ether oxygens (including phenoxy) is 2. The van der Waals surface area contributed by atoms with Crippen molar-refractivity contribution in [3.8, 4) is 22.8 Å². The molecule has 8 nitrogen and oxygen atoms in total. The van der Waals surface area contributed by atoms with Crippen LogP contribution < -0.4 is 15.8 Å². The normalized spacial score (nSPS) is 10.4. The van der Waals surface area contributed by atoms with E-state index in [1.54, 1.807) is 24.4 Å². The zero-order valence-corrected chi connectivity index (χ0v) is 15.5. The fourth-order valence-corrected chi connectivity index (χ4v) is 2.65. The van der Waals surface area contributed by atoms with Crippen LogP contribution in [0.2, 0.25) is 0 Å². The number of aromatic amines is 1. The molecule has 1 heterocycles. The predicted molar refractivity (Wildman–Crippen MR) is 103 cm³/mol. The number of nitrogens with two attached hydrogens (primary N) is 1. The Morgan fingerprint density at radius 1 is 1.18 bits per heavy atom. The van der Waals surface area contributed by atoms with E-state index in [4.69, 9.17) is 15.2 Å². The maximum Gasteiger partial charge on any atom is 0.337 e. The molecule has 2 aromatic carbocycles. The Labute approximate surface area is 161 Å². The quantitative estimate of drug-likeness (QED) is 0.568. The van der Waals surface area contributed by atoms with E-state index in [9.17, 15) is 9.59 Å². The molecule has 1 aromatic heterocycles. The molecule has 28 heavy (non-hydrogen) atoms. The summed E-state index contributed by atoms with van der Waals surface area (Å²) in [4.78, 5) is 23.0. The Kier molecular flexibility index (Phi) is 5.59. The van der Waals surface area contributed by atoms with Gasteiger partial charge < -0.3 is 20.5 Å². The number of nitrogens with zero attached hydrogens (tertiary/aromatic N) is 1. The van der Waals surface area contributed by atoms with E-state index in [1.807, 2.05) is 31.2 Å². The van der Waals surface area contributed by atoms with E-state index in [2.05, 4.69) is 15.5 Å². The molecular formula is C20H20N4O4. The maximum absolute atomic E-state index is 12.0. The summed E-state index contributed by atoms with van der Waals surface area (Å²) in [6.45, 7) is 2.15. The van der Waals surface area contributed by atoms with Crippen molar-refractivity contribution in [3.63, 3.8) is 0 Å².